The summed E-state index contributed by atoms with van der Waals surface area (Å²) in [5.41, 5.74) is 0.786. The van der Waals surface area contributed by atoms with E-state index < -0.39 is 23.4 Å². The van der Waals surface area contributed by atoms with Crippen LogP contribution in [0, 0.1) is 10.1 Å². The molecular formula is C18H19N3O6. The van der Waals surface area contributed by atoms with Gasteiger partial charge in [0.2, 0.25) is 0 Å². The molecule has 0 aliphatic rings. The first-order valence-electron chi connectivity index (χ1n) is 8.12. The summed E-state index contributed by atoms with van der Waals surface area (Å²) in [5, 5.41) is 25.2. The van der Waals surface area contributed by atoms with Crippen molar-refractivity contribution in [3.05, 3.63) is 69.8 Å². The number of nitro benzene ring substituents is 1. The molecule has 0 saturated heterocycles. The van der Waals surface area contributed by atoms with Gasteiger partial charge in [-0.05, 0) is 11.6 Å². The predicted octanol–water partition coefficient (Wildman–Crippen LogP) is 1.47. The molecule has 1 amide bonds. The topological polar surface area (TPSA) is 131 Å². The first kappa shape index (κ1) is 19.9. The van der Waals surface area contributed by atoms with Gasteiger partial charge in [-0.1, -0.05) is 30.3 Å². The average Bonchev–Trinajstić information content (AvgIpc) is 2.69. The van der Waals surface area contributed by atoms with E-state index in [4.69, 9.17) is 9.84 Å². The largest absolute Gasteiger partial charge is 0.452 e. The van der Waals surface area contributed by atoms with Crippen LogP contribution in [-0.4, -0.2) is 41.7 Å². The van der Waals surface area contributed by atoms with E-state index in [0.29, 0.717) is 0 Å². The summed E-state index contributed by atoms with van der Waals surface area (Å²) < 4.78 is 4.96. The van der Waals surface area contributed by atoms with Crippen molar-refractivity contribution in [3.8, 4) is 0 Å². The number of nitrogens with zero attached hydrogens (tertiary/aromatic N) is 1. The van der Waals surface area contributed by atoms with Gasteiger partial charge in [-0.15, -0.1) is 0 Å². The fourth-order valence-electron chi connectivity index (χ4n) is 2.22. The van der Waals surface area contributed by atoms with E-state index in [1.54, 1.807) is 0 Å². The molecule has 0 saturated carbocycles. The summed E-state index contributed by atoms with van der Waals surface area (Å²) in [6.07, 6.45) is 0. The zero-order valence-corrected chi connectivity index (χ0v) is 14.4. The average molecular weight is 373 g/mol. The van der Waals surface area contributed by atoms with Gasteiger partial charge in [0.25, 0.3) is 11.6 Å². The lowest BCUT2D eigenvalue weighted by Gasteiger charge is -2.11. The van der Waals surface area contributed by atoms with Crippen LogP contribution in [-0.2, 0) is 16.1 Å². The van der Waals surface area contributed by atoms with Crippen LogP contribution in [0.1, 0.15) is 15.9 Å². The van der Waals surface area contributed by atoms with Crippen molar-refractivity contribution in [3.63, 3.8) is 0 Å². The van der Waals surface area contributed by atoms with Crippen molar-refractivity contribution >= 4 is 23.3 Å². The maximum absolute atomic E-state index is 12.3. The summed E-state index contributed by atoms with van der Waals surface area (Å²) in [5.74, 6) is -1.38. The smallest absolute Gasteiger partial charge is 0.341 e. The van der Waals surface area contributed by atoms with Crippen molar-refractivity contribution in [1.29, 1.82) is 0 Å². The Morgan fingerprint density at radius 2 is 1.89 bits per heavy atom. The van der Waals surface area contributed by atoms with Crippen molar-refractivity contribution in [1.82, 2.24) is 5.32 Å². The molecule has 3 N–H and O–H groups in total. The molecular weight excluding hydrogens is 354 g/mol. The van der Waals surface area contributed by atoms with Crippen molar-refractivity contribution in [2.24, 2.45) is 0 Å². The fraction of sp³-hybridized carbons (Fsp3) is 0.222. The van der Waals surface area contributed by atoms with Gasteiger partial charge >= 0.3 is 5.97 Å². The van der Waals surface area contributed by atoms with E-state index in [1.165, 1.54) is 12.1 Å². The first-order chi connectivity index (χ1) is 13.0. The Morgan fingerprint density at radius 1 is 1.15 bits per heavy atom. The molecule has 0 radical (unpaired) electrons. The molecule has 2 aromatic carbocycles. The summed E-state index contributed by atoms with van der Waals surface area (Å²) >= 11 is 0. The number of amides is 1. The highest BCUT2D eigenvalue weighted by atomic mass is 16.6. The first-order valence-corrected chi connectivity index (χ1v) is 8.12. The molecule has 0 aliphatic carbocycles. The van der Waals surface area contributed by atoms with E-state index in [9.17, 15) is 19.7 Å². The third-order valence-corrected chi connectivity index (χ3v) is 3.53. The van der Waals surface area contributed by atoms with Gasteiger partial charge in [-0.3, -0.25) is 14.9 Å². The summed E-state index contributed by atoms with van der Waals surface area (Å²) in [6.45, 7) is -0.270. The Labute approximate surface area is 155 Å². The third-order valence-electron chi connectivity index (χ3n) is 3.53. The summed E-state index contributed by atoms with van der Waals surface area (Å²) in [4.78, 5) is 34.4. The van der Waals surface area contributed by atoms with Gasteiger partial charge in [-0.25, -0.2) is 4.79 Å². The van der Waals surface area contributed by atoms with Gasteiger partial charge in [-0.2, -0.15) is 0 Å². The van der Waals surface area contributed by atoms with E-state index in [2.05, 4.69) is 10.6 Å². The van der Waals surface area contributed by atoms with Crippen LogP contribution in [0.3, 0.4) is 0 Å². The van der Waals surface area contributed by atoms with Gasteiger partial charge in [0.05, 0.1) is 17.1 Å². The zero-order chi connectivity index (χ0) is 19.6. The van der Waals surface area contributed by atoms with Crippen molar-refractivity contribution < 1.29 is 24.4 Å². The van der Waals surface area contributed by atoms with Crippen LogP contribution in [0.5, 0.6) is 0 Å². The van der Waals surface area contributed by atoms with Crippen LogP contribution in [0.15, 0.2) is 48.5 Å². The Bertz CT molecular complexity index is 810. The summed E-state index contributed by atoms with van der Waals surface area (Å²) in [7, 11) is 0. The summed E-state index contributed by atoms with van der Waals surface area (Å²) in [6, 6.07) is 12.8. The predicted molar refractivity (Wildman–Crippen MR) is 97.2 cm³/mol. The van der Waals surface area contributed by atoms with Crippen LogP contribution in [0.4, 0.5) is 11.4 Å². The molecule has 0 unspecified atom stereocenters. The molecule has 0 bridgehead atoms. The van der Waals surface area contributed by atoms with Crippen molar-refractivity contribution in [2.75, 3.05) is 25.1 Å². The van der Waals surface area contributed by atoms with E-state index in [-0.39, 0.29) is 36.6 Å². The Morgan fingerprint density at radius 3 is 2.56 bits per heavy atom. The van der Waals surface area contributed by atoms with Crippen molar-refractivity contribution in [2.45, 2.75) is 6.54 Å². The number of aliphatic hydroxyl groups excluding tert-OH is 1. The second kappa shape index (κ2) is 9.88. The highest BCUT2D eigenvalue weighted by Gasteiger charge is 2.19. The number of benzene rings is 2. The minimum Gasteiger partial charge on any atom is -0.452 e. The fourth-order valence-corrected chi connectivity index (χ4v) is 2.22. The number of nitro groups is 1. The number of hydrogen-bond acceptors (Lipinski definition) is 7. The Balaban J connectivity index is 1.97. The highest BCUT2D eigenvalue weighted by molar-refractivity contribution is 5.97. The number of carbonyl (C=O) groups excluding carboxylic acids is 2. The van der Waals surface area contributed by atoms with Gasteiger partial charge in [0.1, 0.15) is 0 Å². The number of aliphatic hydroxyl groups is 1. The van der Waals surface area contributed by atoms with E-state index >= 15 is 0 Å². The normalized spacial score (nSPS) is 10.1. The second-order valence-corrected chi connectivity index (χ2v) is 5.48. The lowest BCUT2D eigenvalue weighted by molar-refractivity contribution is -0.384. The molecule has 0 atom stereocenters. The molecule has 0 aromatic heterocycles. The Hall–Kier alpha value is -3.46. The maximum atomic E-state index is 12.3. The quantitative estimate of drug-likeness (QED) is 0.345. The van der Waals surface area contributed by atoms with Gasteiger partial charge in [0, 0.05) is 30.9 Å². The SMILES string of the molecule is O=C(COC(=O)c1cc([N+](=O)[O-])ccc1NCCO)NCc1ccccc1. The molecule has 0 heterocycles. The molecule has 9 heteroatoms. The molecule has 0 fully saturated rings. The number of carbonyl (C=O) groups is 2. The van der Waals surface area contributed by atoms with Gasteiger partial charge in [0.15, 0.2) is 6.61 Å². The standard InChI is InChI=1S/C18H19N3O6/c22-9-8-19-16-7-6-14(21(25)26)10-15(16)18(24)27-12-17(23)20-11-13-4-2-1-3-5-13/h1-7,10,19,22H,8-9,11-12H2,(H,20,23). The number of nitrogens with one attached hydrogen (secondary N) is 2. The highest BCUT2D eigenvalue weighted by Crippen LogP contribution is 2.23. The van der Waals surface area contributed by atoms with Crippen LogP contribution in [0.2, 0.25) is 0 Å². The van der Waals surface area contributed by atoms with E-state index in [0.717, 1.165) is 11.6 Å². The molecule has 27 heavy (non-hydrogen) atoms. The van der Waals surface area contributed by atoms with Crippen LogP contribution in [0.25, 0.3) is 0 Å². The minimum atomic E-state index is -0.881. The minimum absolute atomic E-state index is 0.0893. The Kier molecular flexibility index (Phi) is 7.26. The molecule has 0 aliphatic heterocycles. The zero-order valence-electron chi connectivity index (χ0n) is 14.4. The van der Waals surface area contributed by atoms with E-state index in [1.807, 2.05) is 30.3 Å². The third kappa shape index (κ3) is 6.08. The second-order valence-electron chi connectivity index (χ2n) is 5.48. The van der Waals surface area contributed by atoms with Crippen LogP contribution < -0.4 is 10.6 Å². The monoisotopic (exact) mass is 373 g/mol. The molecule has 142 valence electrons. The maximum Gasteiger partial charge on any atom is 0.341 e. The molecule has 0 spiro atoms. The molecule has 2 aromatic rings. The number of anilines is 1. The number of esters is 1. The number of rotatable bonds is 9. The molecule has 2 rings (SSSR count). The lowest BCUT2D eigenvalue weighted by Crippen LogP contribution is -2.28. The van der Waals surface area contributed by atoms with Crippen LogP contribution >= 0.6 is 0 Å². The number of non-ortho nitro benzene ring substituents is 1. The van der Waals surface area contributed by atoms with Gasteiger partial charge < -0.3 is 20.5 Å². The molecule has 9 nitrogen and oxygen atoms in total. The lowest BCUT2D eigenvalue weighted by atomic mass is 10.1. The number of ether oxygens (including phenoxy) is 1. The number of hydrogen-bond donors (Lipinski definition) is 3.